The van der Waals surface area contributed by atoms with Gasteiger partial charge in [0.2, 0.25) is 5.91 Å². The first-order valence-corrected chi connectivity index (χ1v) is 8.80. The molecule has 0 unspecified atom stereocenters. The maximum atomic E-state index is 11.1. The molecular formula is C17H23N5O3. The smallest absolute Gasteiger partial charge is 0.252 e. The molecule has 2 aliphatic rings. The van der Waals surface area contributed by atoms with Crippen molar-refractivity contribution >= 4 is 23.0 Å². The van der Waals surface area contributed by atoms with Gasteiger partial charge in [0, 0.05) is 33.5 Å². The lowest BCUT2D eigenvalue weighted by atomic mass is 9.88. The van der Waals surface area contributed by atoms with Crippen molar-refractivity contribution in [1.82, 2.24) is 20.3 Å². The van der Waals surface area contributed by atoms with Crippen LogP contribution in [0.15, 0.2) is 10.7 Å². The van der Waals surface area contributed by atoms with Gasteiger partial charge in [-0.1, -0.05) is 0 Å². The number of nitrogens with zero attached hydrogens (tertiary/aromatic N) is 4. The Morgan fingerprint density at radius 3 is 2.92 bits per heavy atom. The third-order valence-corrected chi connectivity index (χ3v) is 5.17. The van der Waals surface area contributed by atoms with Gasteiger partial charge < -0.3 is 19.4 Å². The Morgan fingerprint density at radius 2 is 2.16 bits per heavy atom. The summed E-state index contributed by atoms with van der Waals surface area (Å²) in [5.74, 6) is 1.43. The summed E-state index contributed by atoms with van der Waals surface area (Å²) in [6.45, 7) is 5.69. The monoisotopic (exact) mass is 345 g/mol. The van der Waals surface area contributed by atoms with Gasteiger partial charge in [0.15, 0.2) is 17.2 Å². The predicted octanol–water partition coefficient (Wildman–Crippen LogP) is 1.58. The highest BCUT2D eigenvalue weighted by atomic mass is 16.5. The van der Waals surface area contributed by atoms with Crippen LogP contribution in [0, 0.1) is 6.92 Å². The molecule has 134 valence electrons. The van der Waals surface area contributed by atoms with Crippen molar-refractivity contribution in [1.29, 1.82) is 0 Å². The van der Waals surface area contributed by atoms with Crippen molar-refractivity contribution in [2.24, 2.45) is 0 Å². The SMILES string of the molecule is CC(=O)NC[C@@H]1CCC2(CCN(c3ncnc4oc(C)nc34)CC2)O1. The van der Waals surface area contributed by atoms with Gasteiger partial charge in [-0.05, 0) is 25.7 Å². The fourth-order valence-corrected chi connectivity index (χ4v) is 3.87. The number of rotatable bonds is 3. The van der Waals surface area contributed by atoms with Gasteiger partial charge in [-0.3, -0.25) is 4.79 Å². The average molecular weight is 345 g/mol. The molecule has 0 bridgehead atoms. The summed E-state index contributed by atoms with van der Waals surface area (Å²) in [5, 5.41) is 2.86. The van der Waals surface area contributed by atoms with Gasteiger partial charge in [0.25, 0.3) is 5.71 Å². The molecule has 25 heavy (non-hydrogen) atoms. The van der Waals surface area contributed by atoms with Gasteiger partial charge in [-0.15, -0.1) is 0 Å². The van der Waals surface area contributed by atoms with E-state index in [1.165, 1.54) is 13.3 Å². The fraction of sp³-hybridized carbons (Fsp3) is 0.647. The molecule has 0 saturated carbocycles. The van der Waals surface area contributed by atoms with E-state index in [0.29, 0.717) is 18.1 Å². The lowest BCUT2D eigenvalue weighted by Crippen LogP contribution is -2.45. The molecule has 8 nitrogen and oxygen atoms in total. The van der Waals surface area contributed by atoms with E-state index < -0.39 is 0 Å². The number of carbonyl (C=O) groups excluding carboxylic acids is 1. The fourth-order valence-electron chi connectivity index (χ4n) is 3.87. The Morgan fingerprint density at radius 1 is 1.36 bits per heavy atom. The number of ether oxygens (including phenoxy) is 1. The molecular weight excluding hydrogens is 322 g/mol. The van der Waals surface area contributed by atoms with Gasteiger partial charge >= 0.3 is 0 Å². The standard InChI is InChI=1S/C17H23N5O3/c1-11(23)18-9-13-3-4-17(25-13)5-7-22(8-6-17)15-14-16(20-10-19-15)24-12(2)21-14/h10,13H,3-9H2,1-2H3,(H,18,23)/t13-/m0/s1. The number of amides is 1. The van der Waals surface area contributed by atoms with Crippen molar-refractivity contribution < 1.29 is 13.9 Å². The highest BCUT2D eigenvalue weighted by molar-refractivity contribution is 5.81. The molecule has 2 aromatic heterocycles. The average Bonchev–Trinajstić information content (AvgIpc) is 3.16. The van der Waals surface area contributed by atoms with Gasteiger partial charge in [0.05, 0.1) is 11.7 Å². The topological polar surface area (TPSA) is 93.4 Å². The van der Waals surface area contributed by atoms with Crippen LogP contribution in [0.3, 0.4) is 0 Å². The second-order valence-corrected chi connectivity index (χ2v) is 6.97. The number of aromatic nitrogens is 3. The Bertz CT molecular complexity index is 782. The van der Waals surface area contributed by atoms with E-state index in [0.717, 1.165) is 50.1 Å². The first-order chi connectivity index (χ1) is 12.0. The minimum atomic E-state index is -0.0640. The highest BCUT2D eigenvalue weighted by Gasteiger charge is 2.42. The summed E-state index contributed by atoms with van der Waals surface area (Å²) in [7, 11) is 0. The van der Waals surface area contributed by atoms with Crippen LogP contribution in [0.4, 0.5) is 5.82 Å². The van der Waals surface area contributed by atoms with Crippen LogP contribution in [0.1, 0.15) is 38.5 Å². The van der Waals surface area contributed by atoms with Crippen molar-refractivity contribution in [3.05, 3.63) is 12.2 Å². The maximum absolute atomic E-state index is 11.1. The highest BCUT2D eigenvalue weighted by Crippen LogP contribution is 2.40. The third kappa shape index (κ3) is 3.18. The predicted molar refractivity (Wildman–Crippen MR) is 91.3 cm³/mol. The molecule has 2 saturated heterocycles. The van der Waals surface area contributed by atoms with Gasteiger partial charge in [-0.2, -0.15) is 4.98 Å². The normalized spacial score (nSPS) is 22.6. The Balaban J connectivity index is 1.42. The summed E-state index contributed by atoms with van der Waals surface area (Å²) in [5.41, 5.74) is 1.20. The van der Waals surface area contributed by atoms with Gasteiger partial charge in [0.1, 0.15) is 6.33 Å². The van der Waals surface area contributed by atoms with Crippen molar-refractivity contribution in [2.45, 2.75) is 51.2 Å². The zero-order valence-electron chi connectivity index (χ0n) is 14.6. The third-order valence-electron chi connectivity index (χ3n) is 5.17. The minimum Gasteiger partial charge on any atom is -0.422 e. The Kier molecular flexibility index (Phi) is 4.07. The van der Waals surface area contributed by atoms with E-state index in [9.17, 15) is 4.79 Å². The number of oxazole rings is 1. The second-order valence-electron chi connectivity index (χ2n) is 6.97. The summed E-state index contributed by atoms with van der Waals surface area (Å²) < 4.78 is 11.8. The molecule has 2 aliphatic heterocycles. The van der Waals surface area contributed by atoms with E-state index in [1.807, 2.05) is 6.92 Å². The maximum Gasteiger partial charge on any atom is 0.252 e. The number of carbonyl (C=O) groups is 1. The number of piperidine rings is 1. The zero-order valence-corrected chi connectivity index (χ0v) is 14.6. The molecule has 1 N–H and O–H groups in total. The molecule has 1 amide bonds. The van der Waals surface area contributed by atoms with Crippen LogP contribution >= 0.6 is 0 Å². The van der Waals surface area contributed by atoms with Crippen LogP contribution in [0.25, 0.3) is 11.2 Å². The number of fused-ring (bicyclic) bond motifs is 1. The summed E-state index contributed by atoms with van der Waals surface area (Å²) in [6, 6.07) is 0. The minimum absolute atomic E-state index is 0.00458. The number of hydrogen-bond donors (Lipinski definition) is 1. The summed E-state index contributed by atoms with van der Waals surface area (Å²) in [4.78, 5) is 26.3. The van der Waals surface area contributed by atoms with Crippen LogP contribution < -0.4 is 10.2 Å². The Labute approximate surface area is 146 Å². The Hall–Kier alpha value is -2.22. The largest absolute Gasteiger partial charge is 0.422 e. The lowest BCUT2D eigenvalue weighted by molar-refractivity contribution is -0.120. The van der Waals surface area contributed by atoms with Crippen LogP contribution in [-0.4, -0.2) is 52.2 Å². The van der Waals surface area contributed by atoms with Crippen molar-refractivity contribution in [3.63, 3.8) is 0 Å². The van der Waals surface area contributed by atoms with Crippen LogP contribution in [0.5, 0.6) is 0 Å². The molecule has 2 aromatic rings. The van der Waals surface area contributed by atoms with Crippen LogP contribution in [-0.2, 0) is 9.53 Å². The van der Waals surface area contributed by atoms with Crippen LogP contribution in [0.2, 0.25) is 0 Å². The quantitative estimate of drug-likeness (QED) is 0.902. The molecule has 1 atom stereocenters. The molecule has 2 fully saturated rings. The van der Waals surface area contributed by atoms with E-state index in [1.54, 1.807) is 0 Å². The first-order valence-electron chi connectivity index (χ1n) is 8.80. The number of aryl methyl sites for hydroxylation is 1. The second kappa shape index (κ2) is 6.25. The molecule has 1 spiro atoms. The molecule has 0 aliphatic carbocycles. The van der Waals surface area contributed by atoms with Crippen molar-refractivity contribution in [2.75, 3.05) is 24.5 Å². The summed E-state index contributed by atoms with van der Waals surface area (Å²) in [6.07, 6.45) is 5.60. The first kappa shape index (κ1) is 16.3. The molecule has 0 aromatic carbocycles. The number of hydrogen-bond acceptors (Lipinski definition) is 7. The lowest BCUT2D eigenvalue weighted by Gasteiger charge is -2.39. The van der Waals surface area contributed by atoms with Gasteiger partial charge in [-0.25, -0.2) is 9.97 Å². The molecule has 0 radical (unpaired) electrons. The zero-order chi connectivity index (χ0) is 17.4. The van der Waals surface area contributed by atoms with E-state index >= 15 is 0 Å². The molecule has 4 heterocycles. The number of anilines is 1. The van der Waals surface area contributed by atoms with Crippen molar-refractivity contribution in [3.8, 4) is 0 Å². The van der Waals surface area contributed by atoms with E-state index in [2.05, 4.69) is 25.2 Å². The van der Waals surface area contributed by atoms with E-state index in [4.69, 9.17) is 9.15 Å². The summed E-state index contributed by atoms with van der Waals surface area (Å²) >= 11 is 0. The number of nitrogens with one attached hydrogen (secondary N) is 1. The van der Waals surface area contributed by atoms with E-state index in [-0.39, 0.29) is 17.6 Å². The molecule has 4 rings (SSSR count). The molecule has 8 heteroatoms.